The average Bonchev–Trinajstić information content (AvgIpc) is 3.27. The zero-order valence-electron chi connectivity index (χ0n) is 15.9. The van der Waals surface area contributed by atoms with Crippen LogP contribution in [0.15, 0.2) is 79.3 Å². The molecule has 0 bridgehead atoms. The number of halogens is 3. The van der Waals surface area contributed by atoms with E-state index in [1.165, 1.54) is 24.5 Å². The maximum absolute atomic E-state index is 11.9. The summed E-state index contributed by atoms with van der Waals surface area (Å²) in [6.45, 7) is 0. The first-order valence-electron chi connectivity index (χ1n) is 8.90. The van der Waals surface area contributed by atoms with Gasteiger partial charge in [-0.15, -0.1) is 5.69 Å². The normalized spacial score (nSPS) is 10.7. The maximum Gasteiger partial charge on any atom is 0.416 e. The molecule has 0 spiro atoms. The monoisotopic (exact) mass is 425 g/mol. The molecule has 0 aliphatic heterocycles. The van der Waals surface area contributed by atoms with Gasteiger partial charge in [-0.05, 0) is 0 Å². The number of benzene rings is 2. The van der Waals surface area contributed by atoms with Gasteiger partial charge in [-0.1, -0.05) is 54.6 Å². The second-order valence-corrected chi connectivity index (χ2v) is 6.16. The fourth-order valence-corrected chi connectivity index (χ4v) is 2.40. The zero-order chi connectivity index (χ0) is 22.3. The highest BCUT2D eigenvalue weighted by atomic mass is 19.4. The van der Waals surface area contributed by atoms with Gasteiger partial charge in [0.15, 0.2) is 5.82 Å². The van der Waals surface area contributed by atoms with Gasteiger partial charge in [0.05, 0.1) is 17.3 Å². The lowest BCUT2D eigenvalue weighted by Gasteiger charge is -2.09. The molecule has 2 aromatic carbocycles. The van der Waals surface area contributed by atoms with Crippen LogP contribution in [-0.2, 0) is 6.18 Å². The molecular formula is C21H16F3N6O-. The summed E-state index contributed by atoms with van der Waals surface area (Å²) >= 11 is 0. The SMILES string of the molecule is O=C(Nc1ccn[nH]1)c1cnc(-c2ccccc2)nc1.[NH-]c1cccc(C(F)(F)F)c1. The van der Waals surface area contributed by atoms with Crippen molar-refractivity contribution in [2.45, 2.75) is 6.18 Å². The summed E-state index contributed by atoms with van der Waals surface area (Å²) in [5.74, 6) is 0.833. The van der Waals surface area contributed by atoms with E-state index in [-0.39, 0.29) is 11.6 Å². The molecule has 3 N–H and O–H groups in total. The van der Waals surface area contributed by atoms with Gasteiger partial charge in [0.25, 0.3) is 5.91 Å². The van der Waals surface area contributed by atoms with Gasteiger partial charge in [0, 0.05) is 24.0 Å². The van der Waals surface area contributed by atoms with Gasteiger partial charge < -0.3 is 11.1 Å². The minimum atomic E-state index is -4.34. The summed E-state index contributed by atoms with van der Waals surface area (Å²) in [6, 6.07) is 15.5. The number of anilines is 1. The van der Waals surface area contributed by atoms with Crippen LogP contribution in [0, 0.1) is 0 Å². The molecule has 0 aliphatic rings. The van der Waals surface area contributed by atoms with E-state index >= 15 is 0 Å². The second-order valence-electron chi connectivity index (χ2n) is 6.16. The minimum Gasteiger partial charge on any atom is -0.699 e. The van der Waals surface area contributed by atoms with Gasteiger partial charge in [-0.2, -0.15) is 18.3 Å². The van der Waals surface area contributed by atoms with E-state index in [1.54, 1.807) is 12.3 Å². The second kappa shape index (κ2) is 9.53. The number of H-pyrrole nitrogens is 1. The van der Waals surface area contributed by atoms with Crippen LogP contribution < -0.4 is 5.32 Å². The van der Waals surface area contributed by atoms with Crippen molar-refractivity contribution in [1.29, 1.82) is 0 Å². The largest absolute Gasteiger partial charge is 0.699 e. The number of nitrogens with one attached hydrogen (secondary N) is 3. The van der Waals surface area contributed by atoms with Crippen LogP contribution in [0.25, 0.3) is 17.1 Å². The van der Waals surface area contributed by atoms with E-state index in [1.807, 2.05) is 30.3 Å². The smallest absolute Gasteiger partial charge is 0.416 e. The lowest BCUT2D eigenvalue weighted by Crippen LogP contribution is -2.13. The number of aromatic nitrogens is 4. The minimum absolute atomic E-state index is 0.125. The Bertz CT molecular complexity index is 1110. The molecule has 7 nitrogen and oxygen atoms in total. The molecule has 31 heavy (non-hydrogen) atoms. The van der Waals surface area contributed by atoms with E-state index in [4.69, 9.17) is 5.73 Å². The molecular weight excluding hydrogens is 409 g/mol. The van der Waals surface area contributed by atoms with Gasteiger partial charge in [-0.25, -0.2) is 9.97 Å². The predicted molar refractivity (Wildman–Crippen MR) is 109 cm³/mol. The quantitative estimate of drug-likeness (QED) is 0.451. The first-order chi connectivity index (χ1) is 14.8. The first kappa shape index (κ1) is 21.5. The molecule has 2 aromatic heterocycles. The van der Waals surface area contributed by atoms with Crippen LogP contribution in [0.4, 0.5) is 24.7 Å². The van der Waals surface area contributed by atoms with Gasteiger partial charge >= 0.3 is 6.18 Å². The standard InChI is InChI=1S/C14H11N5O.C7H5F3N/c20-14(18-12-6-7-17-19-12)11-8-15-13(16-9-11)10-4-2-1-3-5-10;8-7(9,10)5-2-1-3-6(11)4-5/h1-9H,(H2,17,18,19,20);1-4,11H/q;-1. The number of carbonyl (C=O) groups is 1. The third-order valence-electron chi connectivity index (χ3n) is 3.88. The summed E-state index contributed by atoms with van der Waals surface area (Å²) in [7, 11) is 0. The molecule has 0 radical (unpaired) electrons. The average molecular weight is 425 g/mol. The summed E-state index contributed by atoms with van der Waals surface area (Å²) in [6.07, 6.45) is 0.226. The Hall–Kier alpha value is -4.21. The van der Waals surface area contributed by atoms with Crippen molar-refractivity contribution in [3.63, 3.8) is 0 Å². The Balaban J connectivity index is 0.000000210. The van der Waals surface area contributed by atoms with E-state index < -0.39 is 11.7 Å². The summed E-state index contributed by atoms with van der Waals surface area (Å²) in [4.78, 5) is 20.3. The zero-order valence-corrected chi connectivity index (χ0v) is 15.9. The Morgan fingerprint density at radius 2 is 1.68 bits per heavy atom. The summed E-state index contributed by atoms with van der Waals surface area (Å²) in [5, 5.41) is 9.06. The van der Waals surface area contributed by atoms with Crippen LogP contribution in [0.5, 0.6) is 0 Å². The van der Waals surface area contributed by atoms with Gasteiger partial charge in [0.2, 0.25) is 0 Å². The van der Waals surface area contributed by atoms with Gasteiger partial charge in [-0.3, -0.25) is 9.89 Å². The lowest BCUT2D eigenvalue weighted by atomic mass is 10.2. The van der Waals surface area contributed by atoms with Crippen LogP contribution in [0.3, 0.4) is 0 Å². The van der Waals surface area contributed by atoms with Crippen molar-refractivity contribution in [2.24, 2.45) is 0 Å². The number of hydrogen-bond donors (Lipinski definition) is 2. The Kier molecular flexibility index (Phi) is 6.61. The number of rotatable bonds is 3. The highest BCUT2D eigenvalue weighted by molar-refractivity contribution is 6.03. The molecule has 0 fully saturated rings. The summed E-state index contributed by atoms with van der Waals surface area (Å²) < 4.78 is 35.7. The van der Waals surface area contributed by atoms with Crippen LogP contribution in [0.1, 0.15) is 15.9 Å². The van der Waals surface area contributed by atoms with Crippen molar-refractivity contribution in [1.82, 2.24) is 20.2 Å². The van der Waals surface area contributed by atoms with Crippen molar-refractivity contribution in [2.75, 3.05) is 5.32 Å². The predicted octanol–water partition coefficient (Wildman–Crippen LogP) is 5.51. The molecule has 10 heteroatoms. The van der Waals surface area contributed by atoms with Crippen molar-refractivity contribution < 1.29 is 18.0 Å². The number of carbonyl (C=O) groups excluding carboxylic acids is 1. The van der Waals surface area contributed by atoms with E-state index in [0.29, 0.717) is 17.2 Å². The Labute approximate surface area is 175 Å². The molecule has 0 atom stereocenters. The van der Waals surface area contributed by atoms with Crippen LogP contribution >= 0.6 is 0 Å². The maximum atomic E-state index is 11.9. The third-order valence-corrected chi connectivity index (χ3v) is 3.88. The van der Waals surface area contributed by atoms with E-state index in [0.717, 1.165) is 17.7 Å². The molecule has 1 amide bonds. The Morgan fingerprint density at radius 3 is 2.23 bits per heavy atom. The molecule has 4 aromatic rings. The highest BCUT2D eigenvalue weighted by Gasteiger charge is 2.29. The van der Waals surface area contributed by atoms with E-state index in [2.05, 4.69) is 25.5 Å². The number of hydrogen-bond acceptors (Lipinski definition) is 4. The molecule has 0 aliphatic carbocycles. The molecule has 2 heterocycles. The molecule has 4 rings (SSSR count). The molecule has 0 unspecified atom stereocenters. The third kappa shape index (κ3) is 6.13. The van der Waals surface area contributed by atoms with Crippen molar-refractivity contribution in [3.8, 4) is 11.4 Å². The Morgan fingerprint density at radius 1 is 0.968 bits per heavy atom. The highest BCUT2D eigenvalue weighted by Crippen LogP contribution is 2.30. The molecule has 0 saturated heterocycles. The van der Waals surface area contributed by atoms with Crippen molar-refractivity contribution >= 4 is 17.4 Å². The van der Waals surface area contributed by atoms with Crippen LogP contribution in [-0.4, -0.2) is 26.1 Å². The molecule has 158 valence electrons. The van der Waals surface area contributed by atoms with Crippen molar-refractivity contribution in [3.05, 3.63) is 96.1 Å². The van der Waals surface area contributed by atoms with Crippen LogP contribution in [0.2, 0.25) is 0 Å². The number of aromatic amines is 1. The topological polar surface area (TPSA) is 107 Å². The van der Waals surface area contributed by atoms with Gasteiger partial charge in [0.1, 0.15) is 5.82 Å². The number of amides is 1. The van der Waals surface area contributed by atoms with E-state index in [9.17, 15) is 18.0 Å². The first-order valence-corrected chi connectivity index (χ1v) is 8.90. The number of alkyl halides is 3. The number of nitrogens with zero attached hydrogens (tertiary/aromatic N) is 3. The lowest BCUT2D eigenvalue weighted by molar-refractivity contribution is -0.137. The fourth-order valence-electron chi connectivity index (χ4n) is 2.40. The fraction of sp³-hybridized carbons (Fsp3) is 0.0476. The molecule has 0 saturated carbocycles. The summed E-state index contributed by atoms with van der Waals surface area (Å²) in [5.41, 5.74) is 7.32.